The van der Waals surface area contributed by atoms with Gasteiger partial charge in [-0.05, 0) is 31.0 Å². The summed E-state index contributed by atoms with van der Waals surface area (Å²) in [6.07, 6.45) is 1.78. The molecule has 4 rings (SSSR count). The van der Waals surface area contributed by atoms with Gasteiger partial charge in [0.1, 0.15) is 10.9 Å². The summed E-state index contributed by atoms with van der Waals surface area (Å²) in [7, 11) is 0. The van der Waals surface area contributed by atoms with Crippen molar-refractivity contribution in [3.8, 4) is 0 Å². The van der Waals surface area contributed by atoms with Crippen molar-refractivity contribution in [2.24, 2.45) is 0 Å². The predicted octanol–water partition coefficient (Wildman–Crippen LogP) is 4.35. The van der Waals surface area contributed by atoms with Gasteiger partial charge in [-0.1, -0.05) is 73.7 Å². The Hall–Kier alpha value is -2.97. The van der Waals surface area contributed by atoms with E-state index in [4.69, 9.17) is 12.2 Å². The van der Waals surface area contributed by atoms with Gasteiger partial charge in [0.25, 0.3) is 11.8 Å². The number of amides is 3. The van der Waals surface area contributed by atoms with E-state index in [1.807, 2.05) is 50.2 Å². The molecule has 0 bridgehead atoms. The Bertz CT molecular complexity index is 1160. The molecule has 32 heavy (non-hydrogen) atoms. The highest BCUT2D eigenvalue weighted by atomic mass is 32.2. The van der Waals surface area contributed by atoms with E-state index in [-0.39, 0.29) is 24.3 Å². The van der Waals surface area contributed by atoms with Crippen molar-refractivity contribution in [3.05, 3.63) is 64.6 Å². The second-order valence-corrected chi connectivity index (χ2v) is 9.30. The summed E-state index contributed by atoms with van der Waals surface area (Å²) in [5, 5.41) is 2.87. The number of rotatable bonds is 6. The SMILES string of the molecule is CCCCN1C(=O)/C(=C2\C(=O)N(CC(=O)Nc3ccccc3C)c3ccccc32)SC1=S. The Morgan fingerprint density at radius 1 is 1.03 bits per heavy atom. The summed E-state index contributed by atoms with van der Waals surface area (Å²) >= 11 is 6.57. The van der Waals surface area contributed by atoms with Gasteiger partial charge in [0.2, 0.25) is 5.91 Å². The van der Waals surface area contributed by atoms with Crippen molar-refractivity contribution >= 4 is 63.0 Å². The molecule has 0 spiro atoms. The zero-order valence-electron chi connectivity index (χ0n) is 17.9. The summed E-state index contributed by atoms with van der Waals surface area (Å²) in [6.45, 7) is 4.34. The molecular weight excluding hydrogens is 442 g/mol. The van der Waals surface area contributed by atoms with Crippen molar-refractivity contribution in [3.63, 3.8) is 0 Å². The van der Waals surface area contributed by atoms with Crippen molar-refractivity contribution in [2.45, 2.75) is 26.7 Å². The normalized spacial score (nSPS) is 17.9. The third-order valence-corrected chi connectivity index (χ3v) is 6.90. The lowest BCUT2D eigenvalue weighted by molar-refractivity contribution is -0.122. The molecule has 0 atom stereocenters. The first-order chi connectivity index (χ1) is 15.4. The third-order valence-electron chi connectivity index (χ3n) is 5.46. The molecule has 2 heterocycles. The fourth-order valence-electron chi connectivity index (χ4n) is 3.76. The number of para-hydroxylation sites is 2. The van der Waals surface area contributed by atoms with Crippen LogP contribution in [0.25, 0.3) is 5.57 Å². The zero-order chi connectivity index (χ0) is 22.8. The first kappa shape index (κ1) is 22.2. The number of aryl methyl sites for hydroxylation is 1. The molecule has 2 aromatic rings. The van der Waals surface area contributed by atoms with Crippen LogP contribution in [0, 0.1) is 6.92 Å². The van der Waals surface area contributed by atoms with Crippen LogP contribution in [0.15, 0.2) is 53.4 Å². The standard InChI is InChI=1S/C24H23N3O3S2/c1-3-4-13-26-23(30)21(32-24(26)31)20-16-10-6-8-12-18(16)27(22(20)29)14-19(28)25-17-11-7-5-9-15(17)2/h5-12H,3-4,13-14H2,1-2H3,(H,25,28)/b21-20+. The number of benzene rings is 2. The van der Waals surface area contributed by atoms with Crippen LogP contribution >= 0.6 is 24.0 Å². The topological polar surface area (TPSA) is 69.7 Å². The Morgan fingerprint density at radius 3 is 2.50 bits per heavy atom. The van der Waals surface area contributed by atoms with Crippen LogP contribution in [-0.2, 0) is 14.4 Å². The molecule has 6 nitrogen and oxygen atoms in total. The summed E-state index contributed by atoms with van der Waals surface area (Å²) in [5.74, 6) is -0.904. The second kappa shape index (κ2) is 9.26. The monoisotopic (exact) mass is 465 g/mol. The third kappa shape index (κ3) is 4.08. The van der Waals surface area contributed by atoms with Gasteiger partial charge >= 0.3 is 0 Å². The fraction of sp³-hybridized carbons (Fsp3) is 0.250. The number of anilines is 2. The minimum Gasteiger partial charge on any atom is -0.324 e. The number of hydrogen-bond donors (Lipinski definition) is 1. The van der Waals surface area contributed by atoms with Crippen LogP contribution in [-0.4, -0.2) is 40.0 Å². The molecule has 1 saturated heterocycles. The van der Waals surface area contributed by atoms with E-state index in [2.05, 4.69) is 5.32 Å². The highest BCUT2D eigenvalue weighted by Crippen LogP contribution is 2.44. The van der Waals surface area contributed by atoms with E-state index in [1.54, 1.807) is 17.0 Å². The minimum atomic E-state index is -0.359. The van der Waals surface area contributed by atoms with Gasteiger partial charge in [-0.2, -0.15) is 0 Å². The first-order valence-corrected chi connectivity index (χ1v) is 11.7. The van der Waals surface area contributed by atoms with Crippen LogP contribution in [0.2, 0.25) is 0 Å². The quantitative estimate of drug-likeness (QED) is 0.507. The number of nitrogens with one attached hydrogen (secondary N) is 1. The van der Waals surface area contributed by atoms with E-state index >= 15 is 0 Å². The summed E-state index contributed by atoms with van der Waals surface area (Å²) < 4.78 is 0.465. The number of carbonyl (C=O) groups is 3. The number of hydrogen-bond acceptors (Lipinski definition) is 5. The van der Waals surface area contributed by atoms with E-state index in [0.717, 1.165) is 30.2 Å². The highest BCUT2D eigenvalue weighted by Gasteiger charge is 2.42. The van der Waals surface area contributed by atoms with Gasteiger partial charge in [-0.25, -0.2) is 0 Å². The van der Waals surface area contributed by atoms with Crippen LogP contribution in [0.5, 0.6) is 0 Å². The number of nitrogens with zero attached hydrogens (tertiary/aromatic N) is 2. The van der Waals surface area contributed by atoms with Gasteiger partial charge < -0.3 is 5.32 Å². The van der Waals surface area contributed by atoms with E-state index in [0.29, 0.717) is 38.3 Å². The number of thiocarbonyl (C=S) groups is 1. The molecule has 8 heteroatoms. The maximum absolute atomic E-state index is 13.4. The number of unbranched alkanes of at least 4 members (excludes halogenated alkanes) is 1. The maximum atomic E-state index is 13.4. The Morgan fingerprint density at radius 2 is 1.75 bits per heavy atom. The average molecular weight is 466 g/mol. The molecule has 2 aliphatic rings. The average Bonchev–Trinajstić information content (AvgIpc) is 3.20. The Kier molecular flexibility index (Phi) is 6.43. The molecule has 0 unspecified atom stereocenters. The maximum Gasteiger partial charge on any atom is 0.267 e. The lowest BCUT2D eigenvalue weighted by Crippen LogP contribution is -2.35. The Labute approximate surface area is 196 Å². The van der Waals surface area contributed by atoms with E-state index < -0.39 is 0 Å². The summed E-state index contributed by atoms with van der Waals surface area (Å²) in [4.78, 5) is 42.6. The first-order valence-electron chi connectivity index (χ1n) is 10.5. The van der Waals surface area contributed by atoms with E-state index in [9.17, 15) is 14.4 Å². The smallest absolute Gasteiger partial charge is 0.267 e. The highest BCUT2D eigenvalue weighted by molar-refractivity contribution is 8.26. The van der Waals surface area contributed by atoms with Crippen molar-refractivity contribution in [1.82, 2.24) is 4.90 Å². The van der Waals surface area contributed by atoms with Crippen LogP contribution in [0.3, 0.4) is 0 Å². The van der Waals surface area contributed by atoms with Crippen LogP contribution in [0.4, 0.5) is 11.4 Å². The molecule has 0 aromatic heterocycles. The van der Waals surface area contributed by atoms with Gasteiger partial charge in [-0.3, -0.25) is 24.2 Å². The molecule has 1 fully saturated rings. The number of carbonyl (C=O) groups excluding carboxylic acids is 3. The van der Waals surface area contributed by atoms with Gasteiger partial charge in [0, 0.05) is 17.8 Å². The fourth-order valence-corrected chi connectivity index (χ4v) is 5.14. The number of thioether (sulfide) groups is 1. The number of fused-ring (bicyclic) bond motifs is 1. The van der Waals surface area contributed by atoms with Crippen molar-refractivity contribution in [1.29, 1.82) is 0 Å². The second-order valence-electron chi connectivity index (χ2n) is 7.65. The molecule has 0 aliphatic carbocycles. The van der Waals surface area contributed by atoms with Crippen LogP contribution < -0.4 is 10.2 Å². The molecular formula is C24H23N3O3S2. The van der Waals surface area contributed by atoms with E-state index in [1.165, 1.54) is 4.90 Å². The summed E-state index contributed by atoms with van der Waals surface area (Å²) in [6, 6.07) is 14.7. The molecule has 0 radical (unpaired) electrons. The molecule has 164 valence electrons. The largest absolute Gasteiger partial charge is 0.324 e. The molecule has 2 aromatic carbocycles. The van der Waals surface area contributed by atoms with Crippen molar-refractivity contribution in [2.75, 3.05) is 23.3 Å². The van der Waals surface area contributed by atoms with Gasteiger partial charge in [0.05, 0.1) is 16.2 Å². The van der Waals surface area contributed by atoms with Crippen LogP contribution in [0.1, 0.15) is 30.9 Å². The molecule has 2 aliphatic heterocycles. The predicted molar refractivity (Wildman–Crippen MR) is 132 cm³/mol. The molecule has 1 N–H and O–H groups in total. The van der Waals surface area contributed by atoms with Gasteiger partial charge in [0.15, 0.2) is 0 Å². The zero-order valence-corrected chi connectivity index (χ0v) is 19.5. The lowest BCUT2D eigenvalue weighted by Gasteiger charge is -2.17. The minimum absolute atomic E-state index is 0.149. The van der Waals surface area contributed by atoms with Gasteiger partial charge in [-0.15, -0.1) is 0 Å². The Balaban J connectivity index is 1.64. The molecule has 3 amide bonds. The molecule has 0 saturated carbocycles. The summed E-state index contributed by atoms with van der Waals surface area (Å²) in [5.41, 5.74) is 3.23. The lowest BCUT2D eigenvalue weighted by atomic mass is 10.1. The van der Waals surface area contributed by atoms with Crippen molar-refractivity contribution < 1.29 is 14.4 Å².